The summed E-state index contributed by atoms with van der Waals surface area (Å²) in [6.45, 7) is 11.3. The van der Waals surface area contributed by atoms with E-state index < -0.39 is 0 Å². The third-order valence-corrected chi connectivity index (χ3v) is 5.24. The van der Waals surface area contributed by atoms with Gasteiger partial charge in [-0.05, 0) is 62.2 Å². The highest BCUT2D eigenvalue weighted by atomic mass is 14.8. The molecule has 0 amide bonds. The first-order valence-electron chi connectivity index (χ1n) is 8.68. The van der Waals surface area contributed by atoms with Crippen molar-refractivity contribution in [2.45, 2.75) is 66.2 Å². The number of aliphatic imine (C=N–C) groups is 2. The highest BCUT2D eigenvalue weighted by Crippen LogP contribution is 2.28. The first kappa shape index (κ1) is 15.7. The Kier molecular flexibility index (Phi) is 5.80. The van der Waals surface area contributed by atoms with Gasteiger partial charge in [-0.1, -0.05) is 27.7 Å². The van der Waals surface area contributed by atoms with Gasteiger partial charge in [0.15, 0.2) is 0 Å². The number of hydrogen-bond acceptors (Lipinski definition) is 2. The van der Waals surface area contributed by atoms with Crippen LogP contribution in [0.25, 0.3) is 0 Å². The minimum Gasteiger partial charge on any atom is -0.294 e. The number of unbranched alkanes of at least 4 members (excludes halogenated alkanes) is 1. The van der Waals surface area contributed by atoms with Gasteiger partial charge in [0, 0.05) is 24.5 Å². The van der Waals surface area contributed by atoms with Crippen molar-refractivity contribution in [3.8, 4) is 0 Å². The lowest BCUT2D eigenvalue weighted by molar-refractivity contribution is 0.677. The van der Waals surface area contributed by atoms with Crippen molar-refractivity contribution in [3.05, 3.63) is 0 Å². The Bertz CT molecular complexity index is 310. The van der Waals surface area contributed by atoms with Gasteiger partial charge in [-0.25, -0.2) is 0 Å². The predicted molar refractivity (Wildman–Crippen MR) is 89.0 cm³/mol. The van der Waals surface area contributed by atoms with E-state index in [1.807, 2.05) is 0 Å². The van der Waals surface area contributed by atoms with Crippen molar-refractivity contribution >= 4 is 11.4 Å². The number of rotatable bonds is 5. The lowest BCUT2D eigenvalue weighted by atomic mass is 10.0. The molecule has 2 aliphatic rings. The summed E-state index contributed by atoms with van der Waals surface area (Å²) < 4.78 is 0. The van der Waals surface area contributed by atoms with Crippen molar-refractivity contribution in [2.75, 3.05) is 13.1 Å². The zero-order chi connectivity index (χ0) is 14.5. The lowest BCUT2D eigenvalue weighted by Crippen LogP contribution is -2.11. The second-order valence-corrected chi connectivity index (χ2v) is 7.08. The van der Waals surface area contributed by atoms with Crippen LogP contribution in [0.3, 0.4) is 0 Å². The fraction of sp³-hybridized carbons (Fsp3) is 0.889. The summed E-state index contributed by atoms with van der Waals surface area (Å²) >= 11 is 0. The largest absolute Gasteiger partial charge is 0.294 e. The Morgan fingerprint density at radius 3 is 1.25 bits per heavy atom. The molecule has 2 nitrogen and oxygen atoms in total. The predicted octanol–water partition coefficient (Wildman–Crippen LogP) is 4.78. The van der Waals surface area contributed by atoms with Crippen LogP contribution in [-0.2, 0) is 0 Å². The van der Waals surface area contributed by atoms with Gasteiger partial charge in [-0.2, -0.15) is 0 Å². The fourth-order valence-electron chi connectivity index (χ4n) is 3.83. The molecule has 2 heteroatoms. The summed E-state index contributed by atoms with van der Waals surface area (Å²) in [4.78, 5) is 9.71. The number of hydrogen-bond donors (Lipinski definition) is 0. The van der Waals surface area contributed by atoms with Gasteiger partial charge in [-0.3, -0.25) is 9.98 Å². The molecular formula is C18H32N2. The molecule has 2 rings (SSSR count). The molecule has 0 aromatic heterocycles. The molecule has 4 atom stereocenters. The van der Waals surface area contributed by atoms with Crippen molar-refractivity contribution in [3.63, 3.8) is 0 Å². The topological polar surface area (TPSA) is 24.7 Å². The number of nitrogens with zero attached hydrogens (tertiary/aromatic N) is 2. The summed E-state index contributed by atoms with van der Waals surface area (Å²) in [6, 6.07) is 0. The molecule has 2 fully saturated rings. The van der Waals surface area contributed by atoms with Gasteiger partial charge in [0.05, 0.1) is 0 Å². The van der Waals surface area contributed by atoms with E-state index in [0.29, 0.717) is 0 Å². The molecule has 0 aliphatic heterocycles. The smallest absolute Gasteiger partial charge is 0.0389 e. The van der Waals surface area contributed by atoms with Crippen LogP contribution < -0.4 is 0 Å². The molecule has 0 aromatic rings. The van der Waals surface area contributed by atoms with E-state index in [1.165, 1.54) is 49.9 Å². The third-order valence-electron chi connectivity index (χ3n) is 5.24. The molecule has 0 aromatic carbocycles. The minimum atomic E-state index is 0.727. The molecule has 0 radical (unpaired) electrons. The molecule has 20 heavy (non-hydrogen) atoms. The molecule has 0 spiro atoms. The van der Waals surface area contributed by atoms with Crippen molar-refractivity contribution in [1.29, 1.82) is 0 Å². The highest BCUT2D eigenvalue weighted by molar-refractivity contribution is 5.90. The Hall–Kier alpha value is -0.660. The Balaban J connectivity index is 1.67. The minimum absolute atomic E-state index is 0.727. The van der Waals surface area contributed by atoms with Gasteiger partial charge in [0.1, 0.15) is 0 Å². The van der Waals surface area contributed by atoms with Gasteiger partial charge >= 0.3 is 0 Å². The van der Waals surface area contributed by atoms with Crippen LogP contribution in [0.4, 0.5) is 0 Å². The molecule has 0 bridgehead atoms. The maximum absolute atomic E-state index is 4.85. The molecule has 2 saturated carbocycles. The van der Waals surface area contributed by atoms with Crippen LogP contribution in [0.15, 0.2) is 9.98 Å². The van der Waals surface area contributed by atoms with Crippen LogP contribution in [-0.4, -0.2) is 24.5 Å². The molecule has 0 N–H and O–H groups in total. The third kappa shape index (κ3) is 3.93. The maximum atomic E-state index is 4.85. The first-order chi connectivity index (χ1) is 9.59. The summed E-state index contributed by atoms with van der Waals surface area (Å²) in [5.41, 5.74) is 2.96. The average Bonchev–Trinajstić information content (AvgIpc) is 2.90. The standard InChI is InChI=1S/C18H32N2/c1-13-7-8-14(2)17(13)19-11-5-6-12-20-18-15(3)9-10-16(18)4/h13-16H,5-12H2,1-4H3. The SMILES string of the molecule is CC1CCC(C)C1=NCCCCN=C1C(C)CCC1C. The van der Waals surface area contributed by atoms with E-state index in [1.54, 1.807) is 0 Å². The fourth-order valence-corrected chi connectivity index (χ4v) is 3.83. The van der Waals surface area contributed by atoms with Gasteiger partial charge < -0.3 is 0 Å². The van der Waals surface area contributed by atoms with Gasteiger partial charge in [-0.15, -0.1) is 0 Å². The van der Waals surface area contributed by atoms with E-state index >= 15 is 0 Å². The maximum Gasteiger partial charge on any atom is 0.0389 e. The summed E-state index contributed by atoms with van der Waals surface area (Å²) in [6.07, 6.45) is 7.74. The van der Waals surface area contributed by atoms with Crippen LogP contribution in [0, 0.1) is 23.7 Å². The zero-order valence-corrected chi connectivity index (χ0v) is 13.9. The lowest BCUT2D eigenvalue weighted by Gasteiger charge is -2.09. The molecule has 0 heterocycles. The van der Waals surface area contributed by atoms with Crippen LogP contribution >= 0.6 is 0 Å². The Labute approximate surface area is 125 Å². The zero-order valence-electron chi connectivity index (χ0n) is 13.9. The quantitative estimate of drug-likeness (QED) is 0.646. The Morgan fingerprint density at radius 1 is 0.650 bits per heavy atom. The van der Waals surface area contributed by atoms with Crippen LogP contribution in [0.1, 0.15) is 66.2 Å². The summed E-state index contributed by atoms with van der Waals surface area (Å²) in [5.74, 6) is 2.91. The highest BCUT2D eigenvalue weighted by Gasteiger charge is 2.25. The summed E-state index contributed by atoms with van der Waals surface area (Å²) in [5, 5.41) is 0. The van der Waals surface area contributed by atoms with E-state index in [-0.39, 0.29) is 0 Å². The average molecular weight is 276 g/mol. The molecule has 4 unspecified atom stereocenters. The van der Waals surface area contributed by atoms with E-state index in [0.717, 1.165) is 36.8 Å². The molecule has 114 valence electrons. The van der Waals surface area contributed by atoms with Crippen molar-refractivity contribution < 1.29 is 0 Å². The molecular weight excluding hydrogens is 244 g/mol. The second-order valence-electron chi connectivity index (χ2n) is 7.08. The van der Waals surface area contributed by atoms with E-state index in [9.17, 15) is 0 Å². The molecule has 0 saturated heterocycles. The first-order valence-corrected chi connectivity index (χ1v) is 8.68. The Morgan fingerprint density at radius 2 is 0.950 bits per heavy atom. The van der Waals surface area contributed by atoms with Crippen LogP contribution in [0.5, 0.6) is 0 Å². The monoisotopic (exact) mass is 276 g/mol. The van der Waals surface area contributed by atoms with E-state index in [4.69, 9.17) is 9.98 Å². The van der Waals surface area contributed by atoms with Crippen LogP contribution in [0.2, 0.25) is 0 Å². The van der Waals surface area contributed by atoms with Crippen molar-refractivity contribution in [1.82, 2.24) is 0 Å². The van der Waals surface area contributed by atoms with Gasteiger partial charge in [0.25, 0.3) is 0 Å². The normalized spacial score (nSPS) is 33.8. The molecule has 2 aliphatic carbocycles. The van der Waals surface area contributed by atoms with E-state index in [2.05, 4.69) is 27.7 Å². The van der Waals surface area contributed by atoms with Gasteiger partial charge in [0.2, 0.25) is 0 Å². The second kappa shape index (κ2) is 7.38. The van der Waals surface area contributed by atoms with Crippen molar-refractivity contribution in [2.24, 2.45) is 33.7 Å². The summed E-state index contributed by atoms with van der Waals surface area (Å²) in [7, 11) is 0.